The molecular weight excluding hydrogens is 430 g/mol. The number of hydrazine groups is 1. The van der Waals surface area contributed by atoms with Gasteiger partial charge < -0.3 is 5.32 Å². The third kappa shape index (κ3) is 3.25. The average molecular weight is 454 g/mol. The Hall–Kier alpha value is -2.40. The largest absolute Gasteiger partial charge is 0.325 e. The van der Waals surface area contributed by atoms with Gasteiger partial charge >= 0.3 is 0 Å². The summed E-state index contributed by atoms with van der Waals surface area (Å²) < 4.78 is 2.12. The number of anilines is 2. The van der Waals surface area contributed by atoms with Crippen molar-refractivity contribution >= 4 is 40.6 Å². The molecule has 10 heteroatoms. The van der Waals surface area contributed by atoms with Gasteiger partial charge in [0.05, 0.1) is 12.4 Å². The lowest BCUT2D eigenvalue weighted by atomic mass is 9.87. The SMILES string of the molecule is C[C@@H]1CCc2sc3c(c2C1)C1NCNN1c1nnc(SCC(=O)Nc2ccccc2)n1-3. The number of amides is 1. The van der Waals surface area contributed by atoms with E-state index in [1.165, 1.54) is 39.2 Å². The fourth-order valence-corrected chi connectivity index (χ4v) is 6.74. The molecule has 1 aliphatic carbocycles. The van der Waals surface area contributed by atoms with Crippen LogP contribution in [0.5, 0.6) is 0 Å². The van der Waals surface area contributed by atoms with Gasteiger partial charge in [-0.3, -0.25) is 15.1 Å². The molecule has 1 amide bonds. The molecule has 4 heterocycles. The van der Waals surface area contributed by atoms with Crippen LogP contribution in [0.2, 0.25) is 0 Å². The number of para-hydroxylation sites is 1. The van der Waals surface area contributed by atoms with Crippen LogP contribution in [-0.2, 0) is 17.6 Å². The lowest BCUT2D eigenvalue weighted by molar-refractivity contribution is -0.113. The molecule has 1 aromatic carbocycles. The lowest BCUT2D eigenvalue weighted by Gasteiger charge is -2.31. The first kappa shape index (κ1) is 19.3. The molecule has 1 fully saturated rings. The van der Waals surface area contributed by atoms with Gasteiger partial charge in [0.2, 0.25) is 11.9 Å². The Balaban J connectivity index is 1.32. The number of nitrogens with zero attached hydrogens (tertiary/aromatic N) is 4. The molecule has 0 saturated carbocycles. The lowest BCUT2D eigenvalue weighted by Crippen LogP contribution is -2.39. The zero-order valence-electron chi connectivity index (χ0n) is 17.1. The topological polar surface area (TPSA) is 87.1 Å². The number of aryl methyl sites for hydroxylation is 1. The summed E-state index contributed by atoms with van der Waals surface area (Å²) in [7, 11) is 0. The highest BCUT2D eigenvalue weighted by Crippen LogP contribution is 2.48. The van der Waals surface area contributed by atoms with Gasteiger partial charge in [-0.05, 0) is 42.9 Å². The van der Waals surface area contributed by atoms with Gasteiger partial charge in [-0.25, -0.2) is 9.99 Å². The Bertz CT molecular complexity index is 1140. The minimum absolute atomic E-state index is 0.0530. The number of carbonyl (C=O) groups excluding carboxylic acids is 1. The van der Waals surface area contributed by atoms with Crippen molar-refractivity contribution in [3.63, 3.8) is 0 Å². The van der Waals surface area contributed by atoms with E-state index in [4.69, 9.17) is 0 Å². The Morgan fingerprint density at radius 1 is 1.32 bits per heavy atom. The zero-order valence-corrected chi connectivity index (χ0v) is 18.7. The number of hydrogen-bond acceptors (Lipinski definition) is 8. The number of rotatable bonds is 4. The molecule has 1 unspecified atom stereocenters. The normalized spacial score (nSPS) is 21.3. The van der Waals surface area contributed by atoms with Crippen molar-refractivity contribution < 1.29 is 4.79 Å². The standard InChI is InChI=1S/C21H23N7OS2/c1-12-7-8-15-14(9-12)17-18-22-11-23-28(18)20-25-26-21(27(20)19(17)31-15)30-10-16(29)24-13-5-3-2-4-6-13/h2-6,12,18,22-23H,7-11H2,1H3,(H,24,29)/t12-,18?/m1/s1. The second kappa shape index (κ2) is 7.63. The van der Waals surface area contributed by atoms with Crippen LogP contribution in [0.3, 0.4) is 0 Å². The van der Waals surface area contributed by atoms with Crippen molar-refractivity contribution in [2.45, 2.75) is 37.5 Å². The first-order chi connectivity index (χ1) is 15.2. The van der Waals surface area contributed by atoms with E-state index >= 15 is 0 Å². The quantitative estimate of drug-likeness (QED) is 0.524. The highest BCUT2D eigenvalue weighted by Gasteiger charge is 2.42. The second-order valence-corrected chi connectivity index (χ2v) is 10.2. The van der Waals surface area contributed by atoms with E-state index < -0.39 is 0 Å². The maximum Gasteiger partial charge on any atom is 0.249 e. The summed E-state index contributed by atoms with van der Waals surface area (Å²) in [5, 5.41) is 19.4. The number of hydrogen-bond donors (Lipinski definition) is 3. The first-order valence-electron chi connectivity index (χ1n) is 10.5. The van der Waals surface area contributed by atoms with E-state index in [2.05, 4.69) is 42.8 Å². The van der Waals surface area contributed by atoms with Crippen molar-refractivity contribution in [1.82, 2.24) is 25.5 Å². The maximum atomic E-state index is 12.5. The Morgan fingerprint density at radius 2 is 2.19 bits per heavy atom. The molecule has 3 N–H and O–H groups in total. The van der Waals surface area contributed by atoms with Gasteiger partial charge in [0.1, 0.15) is 11.2 Å². The van der Waals surface area contributed by atoms with Crippen molar-refractivity contribution in [2.24, 2.45) is 5.92 Å². The third-order valence-corrected chi connectivity index (χ3v) is 8.25. The molecule has 1 saturated heterocycles. The predicted molar refractivity (Wildman–Crippen MR) is 123 cm³/mol. The van der Waals surface area contributed by atoms with E-state index in [0.717, 1.165) is 29.6 Å². The van der Waals surface area contributed by atoms with E-state index in [0.29, 0.717) is 12.6 Å². The van der Waals surface area contributed by atoms with Gasteiger partial charge in [0.25, 0.3) is 0 Å². The molecule has 0 spiro atoms. The van der Waals surface area contributed by atoms with Crippen LogP contribution >= 0.6 is 23.1 Å². The van der Waals surface area contributed by atoms with Gasteiger partial charge in [-0.15, -0.1) is 21.5 Å². The van der Waals surface area contributed by atoms with Crippen LogP contribution in [0.4, 0.5) is 11.6 Å². The molecule has 160 valence electrons. The number of benzene rings is 1. The van der Waals surface area contributed by atoms with Crippen molar-refractivity contribution in [3.05, 3.63) is 46.3 Å². The minimum atomic E-state index is -0.0530. The fourth-order valence-electron chi connectivity index (χ4n) is 4.58. The van der Waals surface area contributed by atoms with Crippen molar-refractivity contribution in [1.29, 1.82) is 0 Å². The second-order valence-electron chi connectivity index (χ2n) is 8.20. The van der Waals surface area contributed by atoms with Crippen LogP contribution in [0.1, 0.15) is 35.5 Å². The van der Waals surface area contributed by atoms with Crippen molar-refractivity contribution in [3.8, 4) is 5.00 Å². The maximum absolute atomic E-state index is 12.5. The molecule has 8 nitrogen and oxygen atoms in total. The molecule has 2 aliphatic heterocycles. The van der Waals surface area contributed by atoms with E-state index in [1.807, 2.05) is 41.7 Å². The van der Waals surface area contributed by atoms with Crippen LogP contribution in [0, 0.1) is 5.92 Å². The summed E-state index contributed by atoms with van der Waals surface area (Å²) in [5.74, 6) is 1.70. The summed E-state index contributed by atoms with van der Waals surface area (Å²) >= 11 is 3.28. The van der Waals surface area contributed by atoms with Crippen LogP contribution < -0.4 is 21.1 Å². The highest BCUT2D eigenvalue weighted by molar-refractivity contribution is 7.99. The predicted octanol–water partition coefficient (Wildman–Crippen LogP) is 3.07. The zero-order chi connectivity index (χ0) is 20.9. The van der Waals surface area contributed by atoms with Crippen molar-refractivity contribution in [2.75, 3.05) is 22.7 Å². The molecule has 3 aromatic rings. The smallest absolute Gasteiger partial charge is 0.249 e. The summed E-state index contributed by atoms with van der Waals surface area (Å²) in [6.07, 6.45) is 3.57. The number of thioether (sulfide) groups is 1. The van der Waals surface area contributed by atoms with Gasteiger partial charge in [0, 0.05) is 16.1 Å². The molecule has 3 aliphatic rings. The molecular formula is C21H23N7OS2. The van der Waals surface area contributed by atoms with Crippen LogP contribution in [0.15, 0.2) is 35.5 Å². The molecule has 2 atom stereocenters. The Labute approximate surface area is 188 Å². The van der Waals surface area contributed by atoms with Crippen LogP contribution in [0.25, 0.3) is 5.00 Å². The molecule has 6 rings (SSSR count). The van der Waals surface area contributed by atoms with E-state index in [9.17, 15) is 4.79 Å². The Morgan fingerprint density at radius 3 is 3.06 bits per heavy atom. The van der Waals surface area contributed by atoms with E-state index in [1.54, 1.807) is 0 Å². The highest BCUT2D eigenvalue weighted by atomic mass is 32.2. The molecule has 0 bridgehead atoms. The van der Waals surface area contributed by atoms with E-state index in [-0.39, 0.29) is 17.8 Å². The summed E-state index contributed by atoms with van der Waals surface area (Å²) in [4.78, 5) is 14.0. The Kier molecular flexibility index (Phi) is 4.75. The summed E-state index contributed by atoms with van der Waals surface area (Å²) in [6, 6.07) is 9.52. The first-order valence-corrected chi connectivity index (χ1v) is 12.3. The summed E-state index contributed by atoms with van der Waals surface area (Å²) in [5.41, 5.74) is 7.02. The number of aromatic nitrogens is 3. The number of carbonyl (C=O) groups is 1. The average Bonchev–Trinajstić information content (AvgIpc) is 3.48. The minimum Gasteiger partial charge on any atom is -0.325 e. The van der Waals surface area contributed by atoms with Gasteiger partial charge in [-0.2, -0.15) is 0 Å². The monoisotopic (exact) mass is 453 g/mol. The summed E-state index contributed by atoms with van der Waals surface area (Å²) in [6.45, 7) is 3.03. The number of nitrogens with one attached hydrogen (secondary N) is 3. The third-order valence-electron chi connectivity index (χ3n) is 6.03. The molecule has 0 radical (unpaired) electrons. The molecule has 31 heavy (non-hydrogen) atoms. The fraction of sp³-hybridized carbons (Fsp3) is 0.381. The molecule has 2 aromatic heterocycles. The number of fused-ring (bicyclic) bond motifs is 8. The van der Waals surface area contributed by atoms with Crippen LogP contribution in [-0.4, -0.2) is 33.1 Å². The van der Waals surface area contributed by atoms with Gasteiger partial charge in [-0.1, -0.05) is 36.9 Å². The number of thiophene rings is 1. The van der Waals surface area contributed by atoms with Gasteiger partial charge in [0.15, 0.2) is 5.16 Å².